The lowest BCUT2D eigenvalue weighted by atomic mass is 10.1. The van der Waals surface area contributed by atoms with Crippen molar-refractivity contribution < 1.29 is 14.6 Å². The Morgan fingerprint density at radius 1 is 1.47 bits per heavy atom. The zero-order chi connectivity index (χ0) is 21.9. The third kappa shape index (κ3) is 5.95. The molecule has 0 radical (unpaired) electrons. The molecule has 0 bridgehead atoms. The van der Waals surface area contributed by atoms with Gasteiger partial charge in [0, 0.05) is 25.0 Å². The molecule has 0 aliphatic carbocycles. The first-order chi connectivity index (χ1) is 14.5. The summed E-state index contributed by atoms with van der Waals surface area (Å²) in [5.74, 6) is -0.827. The van der Waals surface area contributed by atoms with Crippen LogP contribution in [0.1, 0.15) is 12.5 Å². The molecule has 2 rings (SSSR count). The molecule has 7 nitrogen and oxygen atoms in total. The lowest BCUT2D eigenvalue weighted by molar-refractivity contribution is -0.137. The van der Waals surface area contributed by atoms with Crippen molar-refractivity contribution >= 4 is 34.5 Å². The Kier molecular flexibility index (Phi) is 8.64. The number of ether oxygens (including phenoxy) is 1. The lowest BCUT2D eigenvalue weighted by Crippen LogP contribution is -2.30. The van der Waals surface area contributed by atoms with Crippen LogP contribution < -0.4 is 20.1 Å². The molecule has 0 atom stereocenters. The zero-order valence-electron chi connectivity index (χ0n) is 16.5. The maximum atomic E-state index is 12.6. The molecule has 154 valence electrons. The van der Waals surface area contributed by atoms with E-state index in [0.29, 0.717) is 22.2 Å². The van der Waals surface area contributed by atoms with Gasteiger partial charge in [-0.15, -0.1) is 0 Å². The topological polar surface area (TPSA) is 104 Å². The van der Waals surface area contributed by atoms with Crippen LogP contribution in [0.4, 0.5) is 5.69 Å². The zero-order valence-corrected chi connectivity index (χ0v) is 17.3. The summed E-state index contributed by atoms with van der Waals surface area (Å²) in [6.45, 7) is 5.61. The molecule has 2 aromatic rings. The van der Waals surface area contributed by atoms with E-state index in [9.17, 15) is 14.9 Å². The van der Waals surface area contributed by atoms with E-state index in [2.05, 4.69) is 23.4 Å². The van der Waals surface area contributed by atoms with Crippen molar-refractivity contribution in [3.05, 3.63) is 73.8 Å². The van der Waals surface area contributed by atoms with E-state index < -0.39 is 5.97 Å². The summed E-state index contributed by atoms with van der Waals surface area (Å²) < 4.78 is 6.89. The van der Waals surface area contributed by atoms with Gasteiger partial charge in [-0.25, -0.2) is 4.79 Å². The van der Waals surface area contributed by atoms with Gasteiger partial charge in [0.15, 0.2) is 5.57 Å². The monoisotopic (exact) mass is 423 g/mol. The van der Waals surface area contributed by atoms with Crippen molar-refractivity contribution in [3.8, 4) is 6.07 Å². The highest BCUT2D eigenvalue weighted by molar-refractivity contribution is 7.07. The third-order valence-corrected chi connectivity index (χ3v) is 4.86. The van der Waals surface area contributed by atoms with Gasteiger partial charge in [-0.2, -0.15) is 5.26 Å². The second-order valence-electron chi connectivity index (χ2n) is 5.89. The normalized spacial score (nSPS) is 9.63. The number of carbonyl (C=O) groups is 1. The van der Waals surface area contributed by atoms with E-state index in [1.54, 1.807) is 13.0 Å². The van der Waals surface area contributed by atoms with Gasteiger partial charge < -0.3 is 15.2 Å². The third-order valence-electron chi connectivity index (χ3n) is 3.85. The second kappa shape index (κ2) is 11.4. The number of hydrogen-bond acceptors (Lipinski definition) is 7. The van der Waals surface area contributed by atoms with E-state index in [4.69, 9.17) is 9.84 Å². The molecule has 0 saturated heterocycles. The van der Waals surface area contributed by atoms with Gasteiger partial charge in [-0.1, -0.05) is 47.6 Å². The summed E-state index contributed by atoms with van der Waals surface area (Å²) in [5.41, 5.74) is 6.73. The van der Waals surface area contributed by atoms with E-state index in [1.165, 1.54) is 16.8 Å². The Balaban J connectivity index is 2.49. The van der Waals surface area contributed by atoms with E-state index >= 15 is 0 Å². The number of thiazole rings is 1. The van der Waals surface area contributed by atoms with Crippen molar-refractivity contribution in [2.24, 2.45) is 0 Å². The first-order valence-corrected chi connectivity index (χ1v) is 9.95. The van der Waals surface area contributed by atoms with Gasteiger partial charge in [-0.3, -0.25) is 9.36 Å². The molecular formula is C22H21N3O4S. The molecule has 0 unspecified atom stereocenters. The van der Waals surface area contributed by atoms with Gasteiger partial charge in [0.1, 0.15) is 21.9 Å². The van der Waals surface area contributed by atoms with E-state index in [1.807, 2.05) is 24.3 Å². The van der Waals surface area contributed by atoms with Crippen molar-refractivity contribution in [1.29, 1.82) is 5.26 Å². The van der Waals surface area contributed by atoms with Crippen molar-refractivity contribution in [1.82, 2.24) is 4.57 Å². The summed E-state index contributed by atoms with van der Waals surface area (Å²) in [6.07, 6.45) is 3.46. The molecule has 0 fully saturated rings. The minimum absolute atomic E-state index is 0.0241. The second-order valence-corrected chi connectivity index (χ2v) is 6.89. The number of hydrogen-bond donors (Lipinski definition) is 2. The molecule has 0 amide bonds. The van der Waals surface area contributed by atoms with Crippen LogP contribution in [0.2, 0.25) is 0 Å². The van der Waals surface area contributed by atoms with Crippen LogP contribution in [0, 0.1) is 11.3 Å². The number of aliphatic hydroxyl groups is 1. The number of nitrogens with zero attached hydrogens (tertiary/aromatic N) is 2. The first kappa shape index (κ1) is 22.7. The maximum Gasteiger partial charge on any atom is 0.357 e. The average Bonchev–Trinajstić information content (AvgIpc) is 3.05. The van der Waals surface area contributed by atoms with Crippen molar-refractivity contribution in [3.63, 3.8) is 0 Å². The molecule has 0 saturated carbocycles. The fraction of sp³-hybridized carbons (Fsp3) is 0.227. The predicted octanol–water partition coefficient (Wildman–Crippen LogP) is 1.03. The van der Waals surface area contributed by atoms with Crippen LogP contribution >= 0.6 is 11.3 Å². The molecule has 2 N–H and O–H groups in total. The largest absolute Gasteiger partial charge is 0.457 e. The van der Waals surface area contributed by atoms with Gasteiger partial charge in [0.2, 0.25) is 0 Å². The van der Waals surface area contributed by atoms with E-state index in [-0.39, 0.29) is 24.3 Å². The number of nitrogens with one attached hydrogen (secondary N) is 1. The van der Waals surface area contributed by atoms with Gasteiger partial charge >= 0.3 is 5.97 Å². The number of esters is 1. The number of carbonyl (C=O) groups excluding carboxylic acids is 1. The van der Waals surface area contributed by atoms with Gasteiger partial charge in [-0.05, 0) is 31.0 Å². The Labute approximate surface area is 177 Å². The molecule has 1 heterocycles. The van der Waals surface area contributed by atoms with Gasteiger partial charge in [0.25, 0.3) is 5.56 Å². The fourth-order valence-electron chi connectivity index (χ4n) is 2.45. The van der Waals surface area contributed by atoms with E-state index in [0.717, 1.165) is 22.6 Å². The number of anilines is 1. The van der Waals surface area contributed by atoms with Gasteiger partial charge in [0.05, 0.1) is 0 Å². The molecule has 0 aliphatic heterocycles. The number of aliphatic hydroxyl groups excluding tert-OH is 1. The highest BCUT2D eigenvalue weighted by Gasteiger charge is 2.10. The highest BCUT2D eigenvalue weighted by Crippen LogP contribution is 2.10. The predicted molar refractivity (Wildman–Crippen MR) is 116 cm³/mol. The first-order valence-electron chi connectivity index (χ1n) is 9.14. The smallest absolute Gasteiger partial charge is 0.357 e. The van der Waals surface area contributed by atoms with Crippen LogP contribution in [0.5, 0.6) is 0 Å². The van der Waals surface area contributed by atoms with Crippen molar-refractivity contribution in [2.45, 2.75) is 19.9 Å². The van der Waals surface area contributed by atoms with Crippen LogP contribution in [0.3, 0.4) is 0 Å². The molecule has 0 spiro atoms. The summed E-state index contributed by atoms with van der Waals surface area (Å²) >= 11 is 1.07. The summed E-state index contributed by atoms with van der Waals surface area (Å²) in [7, 11) is 0. The summed E-state index contributed by atoms with van der Waals surface area (Å²) in [5, 5.41) is 21.3. The summed E-state index contributed by atoms with van der Waals surface area (Å²) in [4.78, 5) is 24.5. The molecule has 0 aliphatic rings. The molecule has 1 aromatic heterocycles. The summed E-state index contributed by atoms with van der Waals surface area (Å²) in [6, 6.07) is 9.27. The molecular weight excluding hydrogens is 402 g/mol. The number of benzene rings is 1. The Hall–Kier alpha value is -3.59. The quantitative estimate of drug-likeness (QED) is 0.284. The highest BCUT2D eigenvalue weighted by atomic mass is 32.1. The number of nitriles is 1. The van der Waals surface area contributed by atoms with Crippen LogP contribution in [0.15, 0.2) is 53.5 Å². The SMILES string of the molecule is C=CCOC(=O)C(=C=c1sc(=C=CNc2cccc(CCO)c2)c(=O)n1CC)C#N. The van der Waals surface area contributed by atoms with Crippen LogP contribution in [0.25, 0.3) is 11.5 Å². The fourth-order valence-corrected chi connectivity index (χ4v) is 3.43. The Bertz CT molecular complexity index is 1220. The van der Waals surface area contributed by atoms with Crippen LogP contribution in [-0.4, -0.2) is 28.9 Å². The minimum atomic E-state index is -0.827. The molecule has 30 heavy (non-hydrogen) atoms. The Morgan fingerprint density at radius 3 is 2.93 bits per heavy atom. The number of rotatable bonds is 8. The Morgan fingerprint density at radius 2 is 2.27 bits per heavy atom. The minimum Gasteiger partial charge on any atom is -0.457 e. The van der Waals surface area contributed by atoms with Crippen LogP contribution in [-0.2, 0) is 22.5 Å². The number of aromatic nitrogens is 1. The average molecular weight is 423 g/mol. The molecule has 8 heteroatoms. The molecule has 1 aromatic carbocycles. The van der Waals surface area contributed by atoms with Crippen molar-refractivity contribution in [2.75, 3.05) is 18.5 Å². The maximum absolute atomic E-state index is 12.6. The standard InChI is InChI=1S/C22H21N3O4S/c1-3-12-29-22(28)17(15-23)14-20-25(4-2)21(27)19(30-20)8-10-24-18-7-5-6-16(13-18)9-11-26/h3,5-7,10,13,24,26H,1,4,9,11-12H2,2H3. The lowest BCUT2D eigenvalue weighted by Gasteiger charge is -2.02.